The first-order chi connectivity index (χ1) is 11.6. The molecule has 1 aliphatic heterocycles. The van der Waals surface area contributed by atoms with Crippen molar-refractivity contribution < 1.29 is 14.3 Å². The Bertz CT molecular complexity index is 734. The summed E-state index contributed by atoms with van der Waals surface area (Å²) in [5.41, 5.74) is 3.15. The van der Waals surface area contributed by atoms with Crippen molar-refractivity contribution in [2.45, 2.75) is 26.7 Å². The van der Waals surface area contributed by atoms with Gasteiger partial charge in [0.05, 0.1) is 5.92 Å². The molecule has 4 nitrogen and oxygen atoms in total. The van der Waals surface area contributed by atoms with Gasteiger partial charge in [0.2, 0.25) is 5.91 Å². The Kier molecular flexibility index (Phi) is 4.65. The van der Waals surface area contributed by atoms with Crippen molar-refractivity contribution in [2.75, 3.05) is 11.4 Å². The first-order valence-electron chi connectivity index (χ1n) is 8.24. The van der Waals surface area contributed by atoms with Gasteiger partial charge in [0.15, 0.2) is 0 Å². The van der Waals surface area contributed by atoms with Gasteiger partial charge in [-0.1, -0.05) is 36.8 Å². The van der Waals surface area contributed by atoms with E-state index in [2.05, 4.69) is 6.92 Å². The van der Waals surface area contributed by atoms with Crippen LogP contribution in [0.15, 0.2) is 48.5 Å². The lowest BCUT2D eigenvalue weighted by atomic mass is 10.1. The predicted molar refractivity (Wildman–Crippen MR) is 93.1 cm³/mol. The number of carbonyl (C=O) groups excluding carboxylic acids is 2. The average Bonchev–Trinajstić information content (AvgIpc) is 2.98. The van der Waals surface area contributed by atoms with Crippen molar-refractivity contribution in [2.24, 2.45) is 5.92 Å². The van der Waals surface area contributed by atoms with E-state index in [0.717, 1.165) is 17.7 Å². The van der Waals surface area contributed by atoms with Crippen molar-refractivity contribution >= 4 is 17.6 Å². The summed E-state index contributed by atoms with van der Waals surface area (Å²) in [7, 11) is 0. The Balaban J connectivity index is 1.66. The second kappa shape index (κ2) is 6.87. The van der Waals surface area contributed by atoms with Crippen LogP contribution in [-0.4, -0.2) is 18.4 Å². The Hall–Kier alpha value is -2.62. The lowest BCUT2D eigenvalue weighted by molar-refractivity contribution is -0.139. The summed E-state index contributed by atoms with van der Waals surface area (Å²) in [6, 6.07) is 15.2. The largest absolute Gasteiger partial charge is 0.426 e. The zero-order valence-corrected chi connectivity index (χ0v) is 14.0. The normalized spacial score (nSPS) is 17.2. The monoisotopic (exact) mass is 323 g/mol. The van der Waals surface area contributed by atoms with Gasteiger partial charge >= 0.3 is 5.97 Å². The highest BCUT2D eigenvalue weighted by Gasteiger charge is 2.36. The van der Waals surface area contributed by atoms with Crippen LogP contribution in [0, 0.1) is 12.8 Å². The molecule has 1 amide bonds. The van der Waals surface area contributed by atoms with Gasteiger partial charge in [-0.3, -0.25) is 9.59 Å². The molecule has 2 aromatic carbocycles. The van der Waals surface area contributed by atoms with E-state index in [9.17, 15) is 9.59 Å². The highest BCUT2D eigenvalue weighted by molar-refractivity contribution is 5.99. The van der Waals surface area contributed by atoms with Gasteiger partial charge in [0, 0.05) is 18.7 Å². The Labute approximate surface area is 142 Å². The Morgan fingerprint density at radius 3 is 2.42 bits per heavy atom. The molecule has 3 rings (SSSR count). The zero-order chi connectivity index (χ0) is 17.1. The molecule has 1 saturated heterocycles. The molecule has 0 unspecified atom stereocenters. The maximum atomic E-state index is 12.3. The number of anilines is 1. The Morgan fingerprint density at radius 2 is 1.79 bits per heavy atom. The molecule has 0 radical (unpaired) electrons. The summed E-state index contributed by atoms with van der Waals surface area (Å²) >= 11 is 0. The number of hydrogen-bond donors (Lipinski definition) is 0. The predicted octanol–water partition coefficient (Wildman–Crippen LogP) is 3.52. The van der Waals surface area contributed by atoms with Gasteiger partial charge in [-0.2, -0.15) is 0 Å². The minimum absolute atomic E-state index is 0.0397. The second-order valence-corrected chi connectivity index (χ2v) is 6.16. The highest BCUT2D eigenvalue weighted by Crippen LogP contribution is 2.26. The number of aryl methyl sites for hydroxylation is 2. The summed E-state index contributed by atoms with van der Waals surface area (Å²) < 4.78 is 5.43. The van der Waals surface area contributed by atoms with Crippen molar-refractivity contribution in [1.29, 1.82) is 0 Å². The van der Waals surface area contributed by atoms with Crippen LogP contribution in [0.25, 0.3) is 0 Å². The minimum atomic E-state index is -0.426. The zero-order valence-electron chi connectivity index (χ0n) is 14.0. The molecule has 1 aliphatic rings. The molecule has 24 heavy (non-hydrogen) atoms. The number of ether oxygens (including phenoxy) is 1. The van der Waals surface area contributed by atoms with Gasteiger partial charge < -0.3 is 9.64 Å². The summed E-state index contributed by atoms with van der Waals surface area (Å²) in [5.74, 6) is -0.285. The van der Waals surface area contributed by atoms with Crippen molar-refractivity contribution in [3.05, 3.63) is 59.7 Å². The number of amides is 1. The summed E-state index contributed by atoms with van der Waals surface area (Å²) in [6.07, 6.45) is 1.14. The van der Waals surface area contributed by atoms with Crippen LogP contribution in [0.5, 0.6) is 5.75 Å². The van der Waals surface area contributed by atoms with Crippen LogP contribution in [0.3, 0.4) is 0 Å². The number of esters is 1. The number of rotatable bonds is 4. The summed E-state index contributed by atoms with van der Waals surface area (Å²) in [5, 5.41) is 0. The second-order valence-electron chi connectivity index (χ2n) is 6.16. The maximum Gasteiger partial charge on any atom is 0.316 e. The first kappa shape index (κ1) is 16.2. The molecule has 0 bridgehead atoms. The van der Waals surface area contributed by atoms with Crippen molar-refractivity contribution in [3.8, 4) is 5.75 Å². The van der Waals surface area contributed by atoms with E-state index in [1.807, 2.05) is 43.3 Å². The third-order valence-corrected chi connectivity index (χ3v) is 4.35. The highest BCUT2D eigenvalue weighted by atomic mass is 16.5. The molecule has 1 heterocycles. The third-order valence-electron chi connectivity index (χ3n) is 4.35. The third kappa shape index (κ3) is 3.48. The van der Waals surface area contributed by atoms with E-state index >= 15 is 0 Å². The molecule has 1 atom stereocenters. The molecule has 4 heteroatoms. The molecule has 0 saturated carbocycles. The first-order valence-corrected chi connectivity index (χ1v) is 8.24. The molecule has 0 aliphatic carbocycles. The van der Waals surface area contributed by atoms with Gasteiger partial charge in [-0.15, -0.1) is 0 Å². The SMILES string of the molecule is CCc1ccc(OC(=O)[C@H]2CC(=O)N(c3ccc(C)cc3)C2)cc1. The maximum absolute atomic E-state index is 12.3. The number of carbonyl (C=O) groups is 2. The fourth-order valence-corrected chi connectivity index (χ4v) is 2.83. The van der Waals surface area contributed by atoms with Crippen LogP contribution >= 0.6 is 0 Å². The Morgan fingerprint density at radius 1 is 1.12 bits per heavy atom. The number of hydrogen-bond acceptors (Lipinski definition) is 3. The van der Waals surface area contributed by atoms with Crippen LogP contribution in [0.1, 0.15) is 24.5 Å². The van der Waals surface area contributed by atoms with E-state index in [4.69, 9.17) is 4.74 Å². The standard InChI is InChI=1S/C20H21NO3/c1-3-15-6-10-18(11-7-15)24-20(23)16-12-19(22)21(13-16)17-8-4-14(2)5-9-17/h4-11,16H,3,12-13H2,1-2H3/t16-/m0/s1. The van der Waals surface area contributed by atoms with E-state index in [0.29, 0.717) is 12.3 Å². The van der Waals surface area contributed by atoms with E-state index in [-0.39, 0.29) is 18.3 Å². The molecule has 124 valence electrons. The van der Waals surface area contributed by atoms with E-state index < -0.39 is 5.92 Å². The lowest BCUT2D eigenvalue weighted by Crippen LogP contribution is -2.27. The van der Waals surface area contributed by atoms with E-state index in [1.54, 1.807) is 17.0 Å². The van der Waals surface area contributed by atoms with Crippen LogP contribution < -0.4 is 9.64 Å². The van der Waals surface area contributed by atoms with Crippen LogP contribution in [-0.2, 0) is 16.0 Å². The smallest absolute Gasteiger partial charge is 0.316 e. The molecule has 0 aromatic heterocycles. The molecular formula is C20H21NO3. The van der Waals surface area contributed by atoms with Crippen LogP contribution in [0.2, 0.25) is 0 Å². The molecule has 2 aromatic rings. The van der Waals surface area contributed by atoms with E-state index in [1.165, 1.54) is 5.56 Å². The van der Waals surface area contributed by atoms with Gasteiger partial charge in [0.1, 0.15) is 5.75 Å². The van der Waals surface area contributed by atoms with Gasteiger partial charge in [-0.25, -0.2) is 0 Å². The fourth-order valence-electron chi connectivity index (χ4n) is 2.83. The number of benzene rings is 2. The molecule has 0 N–H and O–H groups in total. The van der Waals surface area contributed by atoms with Gasteiger partial charge in [0.25, 0.3) is 0 Å². The minimum Gasteiger partial charge on any atom is -0.426 e. The molecular weight excluding hydrogens is 302 g/mol. The number of nitrogens with zero attached hydrogens (tertiary/aromatic N) is 1. The molecule has 0 spiro atoms. The average molecular weight is 323 g/mol. The van der Waals surface area contributed by atoms with Gasteiger partial charge in [-0.05, 0) is 43.2 Å². The summed E-state index contributed by atoms with van der Waals surface area (Å²) in [6.45, 7) is 4.44. The fraction of sp³-hybridized carbons (Fsp3) is 0.300. The quantitative estimate of drug-likeness (QED) is 0.639. The van der Waals surface area contributed by atoms with Crippen molar-refractivity contribution in [1.82, 2.24) is 0 Å². The van der Waals surface area contributed by atoms with Crippen LogP contribution in [0.4, 0.5) is 5.69 Å². The van der Waals surface area contributed by atoms with Crippen molar-refractivity contribution in [3.63, 3.8) is 0 Å². The topological polar surface area (TPSA) is 46.6 Å². The molecule has 1 fully saturated rings. The lowest BCUT2D eigenvalue weighted by Gasteiger charge is -2.16. The summed E-state index contributed by atoms with van der Waals surface area (Å²) in [4.78, 5) is 26.2.